The lowest BCUT2D eigenvalue weighted by molar-refractivity contribution is 0.100. The Morgan fingerprint density at radius 3 is 2.54 bits per heavy atom. The molecule has 0 saturated carbocycles. The molecule has 202 valence electrons. The minimum Gasteiger partial charge on any atom is -0.494 e. The lowest BCUT2D eigenvalue weighted by atomic mass is 10.0. The van der Waals surface area contributed by atoms with Crippen LogP contribution >= 0.6 is 22.9 Å². The van der Waals surface area contributed by atoms with Crippen molar-refractivity contribution >= 4 is 56.4 Å². The highest BCUT2D eigenvalue weighted by atomic mass is 35.5. The van der Waals surface area contributed by atoms with Gasteiger partial charge >= 0.3 is 0 Å². The molecule has 10 heteroatoms. The van der Waals surface area contributed by atoms with Gasteiger partial charge in [-0.2, -0.15) is 0 Å². The molecule has 0 spiro atoms. The number of hydrogen-bond acceptors (Lipinski definition) is 8. The minimum atomic E-state index is -0.501. The molecule has 3 N–H and O–H groups in total. The quantitative estimate of drug-likeness (QED) is 0.288. The molecule has 2 saturated heterocycles. The van der Waals surface area contributed by atoms with E-state index in [9.17, 15) is 4.79 Å². The van der Waals surface area contributed by atoms with Gasteiger partial charge in [0.15, 0.2) is 0 Å². The number of carbonyl (C=O) groups excluding carboxylic acids is 1. The van der Waals surface area contributed by atoms with E-state index < -0.39 is 5.91 Å². The molecule has 0 atom stereocenters. The number of halogens is 1. The standard InChI is InChI=1S/C29H31ClN6O2S/c1-38-23-16-21(36-14-10-20(11-15-36)35-12-2-3-13-35)8-9-22(23)33-29-32-17-24-26(34-29)25(27(39-24)28(31)37)18-4-6-19(30)7-5-18/h4-9,16-17,20H,2-3,10-15H2,1H3,(H2,31,37)(H,32,33,34). The maximum atomic E-state index is 12.3. The number of amides is 1. The van der Waals surface area contributed by atoms with Gasteiger partial charge in [-0.25, -0.2) is 9.97 Å². The first-order valence-electron chi connectivity index (χ1n) is 13.3. The van der Waals surface area contributed by atoms with E-state index in [1.54, 1.807) is 25.4 Å². The Balaban J connectivity index is 1.25. The number of ether oxygens (including phenoxy) is 1. The van der Waals surface area contributed by atoms with Crippen LogP contribution in [0.3, 0.4) is 0 Å². The predicted molar refractivity (Wildman–Crippen MR) is 159 cm³/mol. The minimum absolute atomic E-state index is 0.406. The van der Waals surface area contributed by atoms with Gasteiger partial charge in [-0.1, -0.05) is 23.7 Å². The first-order valence-corrected chi connectivity index (χ1v) is 14.5. The van der Waals surface area contributed by atoms with Crippen molar-refractivity contribution in [1.82, 2.24) is 14.9 Å². The Morgan fingerprint density at radius 2 is 1.85 bits per heavy atom. The monoisotopic (exact) mass is 562 g/mol. The van der Waals surface area contributed by atoms with Gasteiger partial charge in [0.2, 0.25) is 5.95 Å². The van der Waals surface area contributed by atoms with Crippen molar-refractivity contribution in [3.05, 3.63) is 58.6 Å². The highest BCUT2D eigenvalue weighted by Gasteiger charge is 2.27. The van der Waals surface area contributed by atoms with Crippen molar-refractivity contribution in [1.29, 1.82) is 0 Å². The third kappa shape index (κ3) is 5.26. The first-order chi connectivity index (χ1) is 19.0. The number of likely N-dealkylation sites (tertiary alicyclic amines) is 1. The second-order valence-corrected chi connectivity index (χ2v) is 11.5. The molecule has 2 aliphatic heterocycles. The number of nitrogens with two attached hydrogens (primary N) is 1. The highest BCUT2D eigenvalue weighted by Crippen LogP contribution is 2.39. The lowest BCUT2D eigenvalue weighted by Gasteiger charge is -2.38. The summed E-state index contributed by atoms with van der Waals surface area (Å²) in [5, 5.41) is 3.92. The molecule has 1 amide bonds. The molecule has 4 heterocycles. The number of aromatic nitrogens is 2. The van der Waals surface area contributed by atoms with Crippen LogP contribution in [-0.2, 0) is 0 Å². The number of piperidine rings is 1. The van der Waals surface area contributed by atoms with Gasteiger partial charge in [0, 0.05) is 41.5 Å². The van der Waals surface area contributed by atoms with Gasteiger partial charge in [-0.05, 0) is 68.6 Å². The topological polar surface area (TPSA) is 96.6 Å². The summed E-state index contributed by atoms with van der Waals surface area (Å²) in [5.74, 6) is 0.627. The molecule has 0 radical (unpaired) electrons. The van der Waals surface area contributed by atoms with E-state index in [1.807, 2.05) is 18.2 Å². The average Bonchev–Trinajstić information content (AvgIpc) is 3.63. The molecule has 0 unspecified atom stereocenters. The fraction of sp³-hybridized carbons (Fsp3) is 0.345. The van der Waals surface area contributed by atoms with Gasteiger partial charge in [0.05, 0.1) is 29.2 Å². The molecular weight excluding hydrogens is 532 g/mol. The molecule has 2 aromatic carbocycles. The number of fused-ring (bicyclic) bond motifs is 1. The van der Waals surface area contributed by atoms with E-state index in [-0.39, 0.29) is 0 Å². The van der Waals surface area contributed by atoms with Crippen LogP contribution in [0.2, 0.25) is 5.02 Å². The zero-order valence-electron chi connectivity index (χ0n) is 21.8. The number of benzene rings is 2. The van der Waals surface area contributed by atoms with Gasteiger partial charge in [0.1, 0.15) is 10.6 Å². The van der Waals surface area contributed by atoms with Crippen LogP contribution in [0.1, 0.15) is 35.4 Å². The van der Waals surface area contributed by atoms with Crippen LogP contribution in [0, 0.1) is 0 Å². The molecule has 2 fully saturated rings. The van der Waals surface area contributed by atoms with Crippen molar-refractivity contribution in [2.45, 2.75) is 31.7 Å². The van der Waals surface area contributed by atoms with Crippen molar-refractivity contribution in [2.75, 3.05) is 43.5 Å². The SMILES string of the molecule is COc1cc(N2CCC(N3CCCC3)CC2)ccc1Nc1ncc2sc(C(N)=O)c(-c3ccc(Cl)cc3)c2n1. The predicted octanol–water partition coefficient (Wildman–Crippen LogP) is 5.93. The summed E-state index contributed by atoms with van der Waals surface area (Å²) in [7, 11) is 1.67. The summed E-state index contributed by atoms with van der Waals surface area (Å²) in [6.07, 6.45) is 6.78. The van der Waals surface area contributed by atoms with E-state index in [0.717, 1.165) is 40.5 Å². The van der Waals surface area contributed by atoms with E-state index in [4.69, 9.17) is 27.1 Å². The van der Waals surface area contributed by atoms with E-state index in [1.165, 1.54) is 50.1 Å². The molecule has 39 heavy (non-hydrogen) atoms. The van der Waals surface area contributed by atoms with Crippen LogP contribution < -0.4 is 20.7 Å². The fourth-order valence-corrected chi connectivity index (χ4v) is 6.82. The molecule has 0 aliphatic carbocycles. The summed E-state index contributed by atoms with van der Waals surface area (Å²) in [6.45, 7) is 4.60. The van der Waals surface area contributed by atoms with Crippen molar-refractivity contribution in [3.63, 3.8) is 0 Å². The second kappa shape index (κ2) is 11.0. The zero-order valence-corrected chi connectivity index (χ0v) is 23.4. The Kier molecular flexibility index (Phi) is 7.29. The number of nitrogens with zero attached hydrogens (tertiary/aromatic N) is 4. The third-order valence-electron chi connectivity index (χ3n) is 7.71. The summed E-state index contributed by atoms with van der Waals surface area (Å²) >= 11 is 7.38. The van der Waals surface area contributed by atoms with Crippen molar-refractivity contribution < 1.29 is 9.53 Å². The molecule has 4 aromatic rings. The highest BCUT2D eigenvalue weighted by molar-refractivity contribution is 7.21. The maximum Gasteiger partial charge on any atom is 0.259 e. The fourth-order valence-electron chi connectivity index (χ4n) is 5.71. The van der Waals surface area contributed by atoms with E-state index in [0.29, 0.717) is 33.0 Å². The Labute approximate surface area is 236 Å². The molecule has 2 aliphatic rings. The van der Waals surface area contributed by atoms with Crippen LogP contribution in [0.5, 0.6) is 5.75 Å². The molecule has 8 nitrogen and oxygen atoms in total. The van der Waals surface area contributed by atoms with E-state index >= 15 is 0 Å². The summed E-state index contributed by atoms with van der Waals surface area (Å²) in [5.41, 5.74) is 9.80. The Bertz CT molecular complexity index is 1490. The van der Waals surface area contributed by atoms with Gasteiger partial charge in [-0.15, -0.1) is 11.3 Å². The number of hydrogen-bond donors (Lipinski definition) is 2. The summed E-state index contributed by atoms with van der Waals surface area (Å²) < 4.78 is 6.53. The zero-order chi connectivity index (χ0) is 26.9. The second-order valence-electron chi connectivity index (χ2n) is 10.1. The Morgan fingerprint density at radius 1 is 1.10 bits per heavy atom. The number of nitrogens with one attached hydrogen (secondary N) is 1. The molecular formula is C29H31ClN6O2S. The number of primary amides is 1. The number of methoxy groups -OCH3 is 1. The Hall–Kier alpha value is -3.40. The first kappa shape index (κ1) is 25.9. The van der Waals surface area contributed by atoms with Gasteiger partial charge in [-0.3, -0.25) is 4.79 Å². The molecule has 2 aromatic heterocycles. The lowest BCUT2D eigenvalue weighted by Crippen LogP contribution is -2.43. The number of anilines is 3. The van der Waals surface area contributed by atoms with Crippen LogP contribution in [-0.4, -0.2) is 60.1 Å². The van der Waals surface area contributed by atoms with Crippen LogP contribution in [0.4, 0.5) is 17.3 Å². The number of thiophene rings is 1. The van der Waals surface area contributed by atoms with Gasteiger partial charge in [0.25, 0.3) is 5.91 Å². The third-order valence-corrected chi connectivity index (χ3v) is 9.09. The van der Waals surface area contributed by atoms with Crippen LogP contribution in [0.25, 0.3) is 21.3 Å². The smallest absolute Gasteiger partial charge is 0.259 e. The van der Waals surface area contributed by atoms with Gasteiger partial charge < -0.3 is 25.6 Å². The summed E-state index contributed by atoms with van der Waals surface area (Å²) in [6, 6.07) is 14.2. The number of carbonyl (C=O) groups is 1. The maximum absolute atomic E-state index is 12.3. The molecule has 6 rings (SSSR count). The normalized spacial score (nSPS) is 16.6. The van der Waals surface area contributed by atoms with Crippen molar-refractivity contribution in [3.8, 4) is 16.9 Å². The van der Waals surface area contributed by atoms with E-state index in [2.05, 4.69) is 32.2 Å². The molecule has 0 bridgehead atoms. The van der Waals surface area contributed by atoms with Crippen LogP contribution in [0.15, 0.2) is 48.7 Å². The average molecular weight is 563 g/mol. The summed E-state index contributed by atoms with van der Waals surface area (Å²) in [4.78, 5) is 27.1. The number of rotatable bonds is 7. The van der Waals surface area contributed by atoms with Crippen molar-refractivity contribution in [2.24, 2.45) is 5.73 Å². The largest absolute Gasteiger partial charge is 0.494 e.